The largest absolute Gasteiger partial charge is 0.427 e. The SMILES string of the molecule is CC(=O)Oc1cccc(C(=O)NCC2CCN(C(=O)c3cccc(F)c3)CC2)c1. The smallest absolute Gasteiger partial charge is 0.308 e. The van der Waals surface area contributed by atoms with Crippen LogP contribution in [-0.2, 0) is 4.79 Å². The Morgan fingerprint density at radius 3 is 2.45 bits per heavy atom. The molecule has 0 spiro atoms. The number of ether oxygens (including phenoxy) is 1. The zero-order valence-corrected chi connectivity index (χ0v) is 16.2. The number of rotatable bonds is 5. The highest BCUT2D eigenvalue weighted by atomic mass is 19.1. The van der Waals surface area contributed by atoms with Crippen LogP contribution in [-0.4, -0.2) is 42.3 Å². The van der Waals surface area contributed by atoms with E-state index in [-0.39, 0.29) is 17.7 Å². The van der Waals surface area contributed by atoms with Crippen molar-refractivity contribution in [1.29, 1.82) is 0 Å². The minimum Gasteiger partial charge on any atom is -0.427 e. The Balaban J connectivity index is 1.48. The molecule has 2 aromatic carbocycles. The quantitative estimate of drug-likeness (QED) is 0.621. The van der Waals surface area contributed by atoms with Crippen molar-refractivity contribution in [3.63, 3.8) is 0 Å². The minimum absolute atomic E-state index is 0.172. The fourth-order valence-corrected chi connectivity index (χ4v) is 3.35. The van der Waals surface area contributed by atoms with E-state index in [2.05, 4.69) is 5.32 Å². The van der Waals surface area contributed by atoms with Crippen molar-refractivity contribution in [2.75, 3.05) is 19.6 Å². The number of amides is 2. The van der Waals surface area contributed by atoms with Gasteiger partial charge >= 0.3 is 5.97 Å². The topological polar surface area (TPSA) is 75.7 Å². The van der Waals surface area contributed by atoms with Crippen LogP contribution in [0.1, 0.15) is 40.5 Å². The second kappa shape index (κ2) is 9.32. The lowest BCUT2D eigenvalue weighted by Gasteiger charge is -2.32. The minimum atomic E-state index is -0.442. The number of piperidine rings is 1. The molecule has 3 rings (SSSR count). The summed E-state index contributed by atoms with van der Waals surface area (Å²) < 4.78 is 18.3. The number of nitrogens with zero attached hydrogens (tertiary/aromatic N) is 1. The Labute approximate surface area is 168 Å². The molecule has 0 aliphatic carbocycles. The van der Waals surface area contributed by atoms with E-state index in [0.717, 1.165) is 12.8 Å². The maximum Gasteiger partial charge on any atom is 0.308 e. The third kappa shape index (κ3) is 5.63. The van der Waals surface area contributed by atoms with E-state index in [1.165, 1.54) is 31.2 Å². The molecule has 0 radical (unpaired) electrons. The summed E-state index contributed by atoms with van der Waals surface area (Å²) in [5.74, 6) is -0.693. The molecule has 1 N–H and O–H groups in total. The van der Waals surface area contributed by atoms with Crippen molar-refractivity contribution in [3.05, 3.63) is 65.5 Å². The third-order valence-electron chi connectivity index (χ3n) is 4.88. The highest BCUT2D eigenvalue weighted by molar-refractivity contribution is 5.95. The highest BCUT2D eigenvalue weighted by Crippen LogP contribution is 2.19. The van der Waals surface area contributed by atoms with Crippen molar-refractivity contribution >= 4 is 17.8 Å². The number of hydrogen-bond acceptors (Lipinski definition) is 4. The second-order valence-corrected chi connectivity index (χ2v) is 7.08. The lowest BCUT2D eigenvalue weighted by atomic mass is 9.96. The molecule has 1 aliphatic heterocycles. The lowest BCUT2D eigenvalue weighted by Crippen LogP contribution is -2.41. The second-order valence-electron chi connectivity index (χ2n) is 7.08. The van der Waals surface area contributed by atoms with Gasteiger partial charge in [-0.3, -0.25) is 14.4 Å². The number of halogens is 1. The number of carbonyl (C=O) groups is 3. The summed E-state index contributed by atoms with van der Waals surface area (Å²) >= 11 is 0. The summed E-state index contributed by atoms with van der Waals surface area (Å²) in [7, 11) is 0. The van der Waals surface area contributed by atoms with Crippen LogP contribution in [0.3, 0.4) is 0 Å². The van der Waals surface area contributed by atoms with E-state index in [1.807, 2.05) is 0 Å². The van der Waals surface area contributed by atoms with E-state index in [0.29, 0.717) is 36.5 Å². The summed E-state index contributed by atoms with van der Waals surface area (Å²) in [6, 6.07) is 12.2. The molecule has 0 aromatic heterocycles. The van der Waals surface area contributed by atoms with Gasteiger partial charge in [0.1, 0.15) is 11.6 Å². The van der Waals surface area contributed by atoms with Gasteiger partial charge < -0.3 is 15.0 Å². The maximum absolute atomic E-state index is 13.3. The van der Waals surface area contributed by atoms with Gasteiger partial charge in [-0.15, -0.1) is 0 Å². The van der Waals surface area contributed by atoms with Crippen LogP contribution in [0.5, 0.6) is 5.75 Å². The highest BCUT2D eigenvalue weighted by Gasteiger charge is 2.24. The molecule has 0 unspecified atom stereocenters. The molecule has 7 heteroatoms. The monoisotopic (exact) mass is 398 g/mol. The van der Waals surface area contributed by atoms with Crippen molar-refractivity contribution in [3.8, 4) is 5.75 Å². The average Bonchev–Trinajstić information content (AvgIpc) is 2.71. The Bertz CT molecular complexity index is 907. The maximum atomic E-state index is 13.3. The van der Waals surface area contributed by atoms with Crippen LogP contribution in [0.25, 0.3) is 0 Å². The van der Waals surface area contributed by atoms with Gasteiger partial charge in [0, 0.05) is 37.7 Å². The third-order valence-corrected chi connectivity index (χ3v) is 4.88. The predicted octanol–water partition coefficient (Wildman–Crippen LogP) is 3.03. The van der Waals surface area contributed by atoms with Crippen LogP contribution in [0.4, 0.5) is 4.39 Å². The molecule has 1 aliphatic rings. The van der Waals surface area contributed by atoms with Gasteiger partial charge in [0.15, 0.2) is 0 Å². The summed E-state index contributed by atoms with van der Waals surface area (Å²) in [5.41, 5.74) is 0.770. The molecule has 29 heavy (non-hydrogen) atoms. The molecule has 2 amide bonds. The Kier molecular flexibility index (Phi) is 6.59. The summed E-state index contributed by atoms with van der Waals surface area (Å²) in [6.07, 6.45) is 1.52. The average molecular weight is 398 g/mol. The molecule has 0 saturated carbocycles. The van der Waals surface area contributed by atoms with Crippen LogP contribution < -0.4 is 10.1 Å². The van der Waals surface area contributed by atoms with Gasteiger partial charge in [0.25, 0.3) is 11.8 Å². The Morgan fingerprint density at radius 1 is 1.07 bits per heavy atom. The normalized spacial score (nSPS) is 14.3. The Hall–Kier alpha value is -3.22. The molecular weight excluding hydrogens is 375 g/mol. The van der Waals surface area contributed by atoms with Gasteiger partial charge in [-0.2, -0.15) is 0 Å². The van der Waals surface area contributed by atoms with Crippen LogP contribution in [0.15, 0.2) is 48.5 Å². The van der Waals surface area contributed by atoms with Gasteiger partial charge in [0.05, 0.1) is 0 Å². The molecule has 152 valence electrons. The number of esters is 1. The first-order valence-corrected chi connectivity index (χ1v) is 9.54. The summed E-state index contributed by atoms with van der Waals surface area (Å²) in [4.78, 5) is 37.6. The van der Waals surface area contributed by atoms with Crippen molar-refractivity contribution in [2.24, 2.45) is 5.92 Å². The fraction of sp³-hybridized carbons (Fsp3) is 0.318. The van der Waals surface area contributed by atoms with E-state index < -0.39 is 11.8 Å². The Morgan fingerprint density at radius 2 is 1.76 bits per heavy atom. The van der Waals surface area contributed by atoms with E-state index in [1.54, 1.807) is 29.2 Å². The molecule has 0 bridgehead atoms. The number of carbonyl (C=O) groups excluding carboxylic acids is 3. The number of hydrogen-bond donors (Lipinski definition) is 1. The summed E-state index contributed by atoms with van der Waals surface area (Å²) in [6.45, 7) is 2.94. The molecule has 2 aromatic rings. The van der Waals surface area contributed by atoms with Crippen molar-refractivity contribution in [1.82, 2.24) is 10.2 Å². The van der Waals surface area contributed by atoms with Gasteiger partial charge in [-0.05, 0) is 55.2 Å². The zero-order chi connectivity index (χ0) is 20.8. The van der Waals surface area contributed by atoms with Crippen LogP contribution in [0, 0.1) is 11.7 Å². The lowest BCUT2D eigenvalue weighted by molar-refractivity contribution is -0.131. The van der Waals surface area contributed by atoms with E-state index >= 15 is 0 Å². The molecular formula is C22H23FN2O4. The first kappa shape index (κ1) is 20.5. The fourth-order valence-electron chi connectivity index (χ4n) is 3.35. The molecule has 1 fully saturated rings. The first-order valence-electron chi connectivity index (χ1n) is 9.54. The van der Waals surface area contributed by atoms with Crippen molar-refractivity contribution in [2.45, 2.75) is 19.8 Å². The first-order chi connectivity index (χ1) is 13.9. The number of benzene rings is 2. The molecule has 1 heterocycles. The van der Waals surface area contributed by atoms with Gasteiger partial charge in [-0.25, -0.2) is 4.39 Å². The van der Waals surface area contributed by atoms with Crippen LogP contribution in [0.2, 0.25) is 0 Å². The predicted molar refractivity (Wildman–Crippen MR) is 105 cm³/mol. The molecule has 6 nitrogen and oxygen atoms in total. The van der Waals surface area contributed by atoms with Crippen LogP contribution >= 0.6 is 0 Å². The zero-order valence-electron chi connectivity index (χ0n) is 16.2. The van der Waals surface area contributed by atoms with E-state index in [4.69, 9.17) is 4.74 Å². The number of nitrogens with one attached hydrogen (secondary N) is 1. The standard InChI is InChI=1S/C22H23FN2O4/c1-15(26)29-20-7-3-4-17(13-20)21(27)24-14-16-8-10-25(11-9-16)22(28)18-5-2-6-19(23)12-18/h2-7,12-13,16H,8-11,14H2,1H3,(H,24,27). The number of likely N-dealkylation sites (tertiary alicyclic amines) is 1. The van der Waals surface area contributed by atoms with E-state index in [9.17, 15) is 18.8 Å². The molecule has 1 saturated heterocycles. The van der Waals surface area contributed by atoms with Gasteiger partial charge in [0.2, 0.25) is 0 Å². The summed E-state index contributed by atoms with van der Waals surface area (Å²) in [5, 5.41) is 2.90. The molecule has 0 atom stereocenters. The van der Waals surface area contributed by atoms with Crippen molar-refractivity contribution < 1.29 is 23.5 Å². The van der Waals surface area contributed by atoms with Gasteiger partial charge in [-0.1, -0.05) is 12.1 Å².